The maximum absolute atomic E-state index is 2.49. The van der Waals surface area contributed by atoms with E-state index in [0.29, 0.717) is 5.92 Å². The van der Waals surface area contributed by atoms with Gasteiger partial charge in [-0.2, -0.15) is 0 Å². The summed E-state index contributed by atoms with van der Waals surface area (Å²) in [7, 11) is 0. The van der Waals surface area contributed by atoms with Gasteiger partial charge in [0, 0.05) is 10.8 Å². The molecule has 0 unspecified atom stereocenters. The molecular formula is C30H36. The summed E-state index contributed by atoms with van der Waals surface area (Å²) < 4.78 is 0. The minimum Gasteiger partial charge on any atom is -0.0625 e. The molecule has 0 spiro atoms. The standard InChI is InChI=1S/C30H36/c1-19(2)15-22-14-13-20(3)26(17-22)30(7,8)27-18-24-23-11-9-10-12-25(23)29(5,6)28(24)16-21(27)4/h9-14,16-19H,15H2,1-8H3. The summed E-state index contributed by atoms with van der Waals surface area (Å²) in [5.41, 5.74) is 12.9. The van der Waals surface area contributed by atoms with E-state index in [-0.39, 0.29) is 10.8 Å². The van der Waals surface area contributed by atoms with Gasteiger partial charge in [-0.05, 0) is 82.3 Å². The van der Waals surface area contributed by atoms with Crippen molar-refractivity contribution in [2.24, 2.45) is 5.92 Å². The fourth-order valence-electron chi connectivity index (χ4n) is 5.62. The lowest BCUT2D eigenvalue weighted by Gasteiger charge is -2.32. The van der Waals surface area contributed by atoms with Crippen LogP contribution in [0.15, 0.2) is 54.6 Å². The number of aryl methyl sites for hydroxylation is 2. The lowest BCUT2D eigenvalue weighted by molar-refractivity contribution is 0.618. The van der Waals surface area contributed by atoms with E-state index in [0.717, 1.165) is 6.42 Å². The third-order valence-electron chi connectivity index (χ3n) is 7.22. The van der Waals surface area contributed by atoms with E-state index in [2.05, 4.69) is 110 Å². The number of benzene rings is 3. The third kappa shape index (κ3) is 3.22. The molecule has 0 heteroatoms. The summed E-state index contributed by atoms with van der Waals surface area (Å²) in [5.74, 6) is 0.670. The average molecular weight is 397 g/mol. The first-order valence-corrected chi connectivity index (χ1v) is 11.4. The molecule has 0 N–H and O–H groups in total. The van der Waals surface area contributed by atoms with Crippen LogP contribution in [0.3, 0.4) is 0 Å². The van der Waals surface area contributed by atoms with Gasteiger partial charge < -0.3 is 0 Å². The second-order valence-electron chi connectivity index (χ2n) is 10.8. The number of hydrogen-bond donors (Lipinski definition) is 0. The number of hydrogen-bond acceptors (Lipinski definition) is 0. The molecule has 0 saturated carbocycles. The summed E-state index contributed by atoms with van der Waals surface area (Å²) in [6.45, 7) is 18.7. The molecule has 1 aliphatic rings. The molecule has 30 heavy (non-hydrogen) atoms. The van der Waals surface area contributed by atoms with Crippen molar-refractivity contribution in [3.63, 3.8) is 0 Å². The molecule has 156 valence electrons. The summed E-state index contributed by atoms with van der Waals surface area (Å²) in [4.78, 5) is 0. The molecule has 0 nitrogen and oxygen atoms in total. The topological polar surface area (TPSA) is 0 Å². The first-order valence-electron chi connectivity index (χ1n) is 11.4. The lowest BCUT2D eigenvalue weighted by Crippen LogP contribution is -2.23. The van der Waals surface area contributed by atoms with Crippen LogP contribution in [0.5, 0.6) is 0 Å². The highest BCUT2D eigenvalue weighted by Gasteiger charge is 2.37. The van der Waals surface area contributed by atoms with Crippen molar-refractivity contribution >= 4 is 0 Å². The van der Waals surface area contributed by atoms with Crippen LogP contribution in [0.25, 0.3) is 11.1 Å². The minimum absolute atomic E-state index is 0.0438. The van der Waals surface area contributed by atoms with E-state index in [1.807, 2.05) is 0 Å². The molecule has 0 amide bonds. The van der Waals surface area contributed by atoms with E-state index in [4.69, 9.17) is 0 Å². The number of fused-ring (bicyclic) bond motifs is 3. The molecule has 1 aliphatic carbocycles. The van der Waals surface area contributed by atoms with Gasteiger partial charge in [0.05, 0.1) is 0 Å². The second-order valence-corrected chi connectivity index (χ2v) is 10.8. The molecule has 4 rings (SSSR count). The van der Waals surface area contributed by atoms with Crippen molar-refractivity contribution in [3.05, 3.63) is 93.5 Å². The summed E-state index contributed by atoms with van der Waals surface area (Å²) in [6, 6.07) is 21.0. The Morgan fingerprint density at radius 1 is 0.767 bits per heavy atom. The second kappa shape index (κ2) is 7.12. The Hall–Kier alpha value is -2.34. The Morgan fingerprint density at radius 2 is 1.43 bits per heavy atom. The summed E-state index contributed by atoms with van der Waals surface area (Å²) >= 11 is 0. The van der Waals surface area contributed by atoms with Gasteiger partial charge in [-0.25, -0.2) is 0 Å². The molecule has 0 radical (unpaired) electrons. The zero-order valence-electron chi connectivity index (χ0n) is 20.0. The third-order valence-corrected chi connectivity index (χ3v) is 7.22. The zero-order chi connectivity index (χ0) is 21.8. The van der Waals surface area contributed by atoms with E-state index < -0.39 is 0 Å². The molecule has 0 saturated heterocycles. The van der Waals surface area contributed by atoms with Crippen molar-refractivity contribution in [2.75, 3.05) is 0 Å². The normalized spacial score (nSPS) is 14.7. The van der Waals surface area contributed by atoms with E-state index in [1.165, 1.54) is 50.1 Å². The fraction of sp³-hybridized carbons (Fsp3) is 0.400. The average Bonchev–Trinajstić information content (AvgIpc) is 2.89. The number of rotatable bonds is 4. The smallest absolute Gasteiger partial charge is 0.0158 e. The summed E-state index contributed by atoms with van der Waals surface area (Å²) in [6.07, 6.45) is 1.13. The van der Waals surface area contributed by atoms with Crippen molar-refractivity contribution in [1.82, 2.24) is 0 Å². The Balaban J connectivity index is 1.89. The van der Waals surface area contributed by atoms with Crippen LogP contribution >= 0.6 is 0 Å². The van der Waals surface area contributed by atoms with E-state index in [1.54, 1.807) is 0 Å². The minimum atomic E-state index is -0.0438. The van der Waals surface area contributed by atoms with Crippen molar-refractivity contribution in [3.8, 4) is 11.1 Å². The van der Waals surface area contributed by atoms with Gasteiger partial charge in [0.1, 0.15) is 0 Å². The highest BCUT2D eigenvalue weighted by Crippen LogP contribution is 2.50. The Kier molecular flexibility index (Phi) is 4.96. The fourth-order valence-corrected chi connectivity index (χ4v) is 5.62. The molecule has 3 aromatic carbocycles. The van der Waals surface area contributed by atoms with Gasteiger partial charge in [0.15, 0.2) is 0 Å². The van der Waals surface area contributed by atoms with Gasteiger partial charge in [-0.1, -0.05) is 90.1 Å². The van der Waals surface area contributed by atoms with E-state index in [9.17, 15) is 0 Å². The monoisotopic (exact) mass is 396 g/mol. The lowest BCUT2D eigenvalue weighted by atomic mass is 9.72. The zero-order valence-corrected chi connectivity index (χ0v) is 20.0. The highest BCUT2D eigenvalue weighted by molar-refractivity contribution is 5.82. The Morgan fingerprint density at radius 3 is 2.13 bits per heavy atom. The first-order chi connectivity index (χ1) is 14.0. The van der Waals surface area contributed by atoms with Crippen LogP contribution in [-0.4, -0.2) is 0 Å². The predicted octanol–water partition coefficient (Wildman–Crippen LogP) is 8.13. The molecule has 0 aromatic heterocycles. The molecular weight excluding hydrogens is 360 g/mol. The van der Waals surface area contributed by atoms with Gasteiger partial charge in [0.2, 0.25) is 0 Å². The Labute approximate surface area is 183 Å². The van der Waals surface area contributed by atoms with Crippen LogP contribution in [0.1, 0.15) is 80.5 Å². The van der Waals surface area contributed by atoms with Gasteiger partial charge in [-0.3, -0.25) is 0 Å². The van der Waals surface area contributed by atoms with Crippen molar-refractivity contribution in [1.29, 1.82) is 0 Å². The van der Waals surface area contributed by atoms with Crippen LogP contribution in [0.4, 0.5) is 0 Å². The van der Waals surface area contributed by atoms with Crippen LogP contribution in [-0.2, 0) is 17.3 Å². The van der Waals surface area contributed by atoms with E-state index >= 15 is 0 Å². The molecule has 0 bridgehead atoms. The molecule has 0 aliphatic heterocycles. The maximum Gasteiger partial charge on any atom is 0.0158 e. The van der Waals surface area contributed by atoms with Crippen molar-refractivity contribution < 1.29 is 0 Å². The quantitative estimate of drug-likeness (QED) is 0.417. The largest absolute Gasteiger partial charge is 0.0625 e. The van der Waals surface area contributed by atoms with Crippen LogP contribution in [0, 0.1) is 19.8 Å². The molecule has 0 heterocycles. The first kappa shape index (κ1) is 20.9. The van der Waals surface area contributed by atoms with Crippen LogP contribution in [0.2, 0.25) is 0 Å². The van der Waals surface area contributed by atoms with Gasteiger partial charge in [0.25, 0.3) is 0 Å². The summed E-state index contributed by atoms with van der Waals surface area (Å²) in [5, 5.41) is 0. The van der Waals surface area contributed by atoms with Gasteiger partial charge in [-0.15, -0.1) is 0 Å². The maximum atomic E-state index is 2.49. The predicted molar refractivity (Wildman–Crippen MR) is 131 cm³/mol. The van der Waals surface area contributed by atoms with Crippen molar-refractivity contribution in [2.45, 2.75) is 72.6 Å². The molecule has 0 atom stereocenters. The van der Waals surface area contributed by atoms with Crippen LogP contribution < -0.4 is 0 Å². The molecule has 3 aromatic rings. The SMILES string of the molecule is Cc1ccc(CC(C)C)cc1C(C)(C)c1cc2c(cc1C)C(C)(C)c1ccccc1-2. The molecule has 0 fully saturated rings. The Bertz CT molecular complexity index is 1110. The van der Waals surface area contributed by atoms with Gasteiger partial charge >= 0.3 is 0 Å². The highest BCUT2D eigenvalue weighted by atomic mass is 14.4.